The Kier molecular flexibility index (Phi) is 2.87. The molecule has 3 nitrogen and oxygen atoms in total. The quantitative estimate of drug-likeness (QED) is 0.672. The summed E-state index contributed by atoms with van der Waals surface area (Å²) in [6.07, 6.45) is 0. The number of carbonyl (C=O) groups is 1. The van der Waals surface area contributed by atoms with Gasteiger partial charge in [0, 0.05) is 0 Å². The standard InChI is InChI=1S/C8H5O3P/c9-8(10)7-4-2-1-3-6(7)5-12-11/h1-4H,(H,9,10). The molecule has 0 spiro atoms. The molecule has 0 unspecified atom stereocenters. The molecule has 12 heavy (non-hydrogen) atoms. The van der Waals surface area contributed by atoms with Crippen LogP contribution in [0, 0.1) is 5.63 Å². The van der Waals surface area contributed by atoms with Crippen LogP contribution in [0.2, 0.25) is 0 Å². The van der Waals surface area contributed by atoms with Crippen molar-refractivity contribution in [3.8, 4) is 5.63 Å². The van der Waals surface area contributed by atoms with Crippen molar-refractivity contribution in [2.75, 3.05) is 0 Å². The molecule has 0 amide bonds. The minimum atomic E-state index is -1.04. The number of hydrogen-bond donors (Lipinski definition) is 1. The van der Waals surface area contributed by atoms with Crippen LogP contribution in [-0.2, 0) is 4.57 Å². The van der Waals surface area contributed by atoms with Gasteiger partial charge in [-0.05, 0) is 0 Å². The molecule has 1 N–H and O–H groups in total. The summed E-state index contributed by atoms with van der Waals surface area (Å²) in [6, 6.07) is 6.26. The Balaban J connectivity index is 3.33. The Morgan fingerprint density at radius 2 is 2.08 bits per heavy atom. The van der Waals surface area contributed by atoms with E-state index in [2.05, 4.69) is 5.63 Å². The summed E-state index contributed by atoms with van der Waals surface area (Å²) in [5.74, 6) is -1.04. The summed E-state index contributed by atoms with van der Waals surface area (Å²) in [4.78, 5) is 10.6. The SMILES string of the molecule is O=P#Cc1ccccc1C(=O)O. The van der Waals surface area contributed by atoms with Crippen LogP contribution >= 0.6 is 7.92 Å². The first kappa shape index (κ1) is 8.79. The topological polar surface area (TPSA) is 54.4 Å². The van der Waals surface area contributed by atoms with Crippen molar-refractivity contribution in [2.24, 2.45) is 0 Å². The summed E-state index contributed by atoms with van der Waals surface area (Å²) in [6.45, 7) is 0. The van der Waals surface area contributed by atoms with Crippen LogP contribution in [0.3, 0.4) is 0 Å². The Labute approximate surface area is 70.2 Å². The van der Waals surface area contributed by atoms with Gasteiger partial charge in [0.05, 0.1) is 0 Å². The van der Waals surface area contributed by atoms with Gasteiger partial charge in [-0.2, -0.15) is 0 Å². The van der Waals surface area contributed by atoms with Crippen LogP contribution in [0.15, 0.2) is 24.3 Å². The molecule has 0 atom stereocenters. The summed E-state index contributed by atoms with van der Waals surface area (Å²) < 4.78 is 10.1. The summed E-state index contributed by atoms with van der Waals surface area (Å²) in [7, 11) is -0.308. The normalized spacial score (nSPS) is 8.67. The fourth-order valence-electron chi connectivity index (χ4n) is 0.816. The first-order valence-electron chi connectivity index (χ1n) is 3.16. The van der Waals surface area contributed by atoms with Crippen LogP contribution < -0.4 is 0 Å². The van der Waals surface area contributed by atoms with Crippen molar-refractivity contribution >= 4 is 13.9 Å². The third-order valence-corrected chi connectivity index (χ3v) is 1.66. The van der Waals surface area contributed by atoms with E-state index in [4.69, 9.17) is 5.11 Å². The molecule has 0 aliphatic rings. The maximum absolute atomic E-state index is 10.6. The number of hydrogen-bond acceptors (Lipinski definition) is 2. The molecular formula is C8H5O3P. The van der Waals surface area contributed by atoms with Crippen LogP contribution in [-0.4, -0.2) is 11.1 Å². The van der Waals surface area contributed by atoms with Gasteiger partial charge in [-0.15, -0.1) is 0 Å². The fourth-order valence-corrected chi connectivity index (χ4v) is 1.11. The summed E-state index contributed by atoms with van der Waals surface area (Å²) in [5.41, 5.74) is 2.85. The molecule has 0 saturated carbocycles. The van der Waals surface area contributed by atoms with E-state index < -0.39 is 5.97 Å². The van der Waals surface area contributed by atoms with Gasteiger partial charge in [-0.25, -0.2) is 0 Å². The van der Waals surface area contributed by atoms with Crippen molar-refractivity contribution in [1.82, 2.24) is 0 Å². The zero-order valence-electron chi connectivity index (χ0n) is 6.02. The molecule has 0 bridgehead atoms. The fraction of sp³-hybridized carbons (Fsp3) is 0. The third kappa shape index (κ3) is 1.85. The average molecular weight is 180 g/mol. The van der Waals surface area contributed by atoms with E-state index in [1.165, 1.54) is 6.07 Å². The van der Waals surface area contributed by atoms with Crippen molar-refractivity contribution < 1.29 is 14.5 Å². The molecular weight excluding hydrogens is 175 g/mol. The van der Waals surface area contributed by atoms with Gasteiger partial charge < -0.3 is 0 Å². The van der Waals surface area contributed by atoms with E-state index in [1.807, 2.05) is 0 Å². The monoisotopic (exact) mass is 180 g/mol. The number of benzene rings is 1. The average Bonchev–Trinajstić information content (AvgIpc) is 2.05. The van der Waals surface area contributed by atoms with E-state index in [0.717, 1.165) is 0 Å². The van der Waals surface area contributed by atoms with E-state index in [1.54, 1.807) is 18.2 Å². The Hall–Kier alpha value is -1.30. The van der Waals surface area contributed by atoms with E-state index in [0.29, 0.717) is 5.56 Å². The molecule has 0 aliphatic carbocycles. The summed E-state index contributed by atoms with van der Waals surface area (Å²) >= 11 is 0. The second-order valence-corrected chi connectivity index (χ2v) is 2.46. The van der Waals surface area contributed by atoms with Gasteiger partial charge in [0.15, 0.2) is 0 Å². The van der Waals surface area contributed by atoms with Gasteiger partial charge in [0.2, 0.25) is 0 Å². The molecule has 4 heteroatoms. The number of rotatable bonds is 1. The minimum absolute atomic E-state index is 0.112. The van der Waals surface area contributed by atoms with E-state index in [-0.39, 0.29) is 13.5 Å². The number of carboxylic acid groups (broad SMARTS) is 1. The van der Waals surface area contributed by atoms with Crippen molar-refractivity contribution in [2.45, 2.75) is 0 Å². The van der Waals surface area contributed by atoms with Gasteiger partial charge >= 0.3 is 69.4 Å². The first-order chi connectivity index (χ1) is 5.75. The van der Waals surface area contributed by atoms with Crippen molar-refractivity contribution in [1.29, 1.82) is 0 Å². The van der Waals surface area contributed by atoms with E-state index >= 15 is 0 Å². The maximum atomic E-state index is 10.6. The van der Waals surface area contributed by atoms with Gasteiger partial charge in [0.1, 0.15) is 0 Å². The molecule has 0 aliphatic heterocycles. The zero-order valence-corrected chi connectivity index (χ0v) is 6.91. The predicted molar refractivity (Wildman–Crippen MR) is 44.0 cm³/mol. The van der Waals surface area contributed by atoms with Crippen molar-refractivity contribution in [3.05, 3.63) is 35.4 Å². The first-order valence-corrected chi connectivity index (χ1v) is 3.97. The van der Waals surface area contributed by atoms with E-state index in [9.17, 15) is 9.36 Å². The van der Waals surface area contributed by atoms with Gasteiger partial charge in [-0.3, -0.25) is 0 Å². The van der Waals surface area contributed by atoms with Gasteiger partial charge in [-0.1, -0.05) is 0 Å². The molecule has 0 fully saturated rings. The molecule has 1 rings (SSSR count). The molecule has 0 radical (unpaired) electrons. The predicted octanol–water partition coefficient (Wildman–Crippen LogP) is 1.98. The molecule has 0 heterocycles. The number of carboxylic acids is 1. The molecule has 60 valence electrons. The molecule has 1 aromatic carbocycles. The Morgan fingerprint density at radius 1 is 1.42 bits per heavy atom. The van der Waals surface area contributed by atoms with Crippen LogP contribution in [0.5, 0.6) is 0 Å². The van der Waals surface area contributed by atoms with Crippen LogP contribution in [0.25, 0.3) is 0 Å². The third-order valence-electron chi connectivity index (χ3n) is 1.32. The molecule has 1 aromatic rings. The van der Waals surface area contributed by atoms with Gasteiger partial charge in [0.25, 0.3) is 0 Å². The van der Waals surface area contributed by atoms with Crippen LogP contribution in [0.4, 0.5) is 0 Å². The van der Waals surface area contributed by atoms with Crippen molar-refractivity contribution in [3.63, 3.8) is 0 Å². The second kappa shape index (κ2) is 3.91. The Bertz CT molecular complexity index is 405. The molecule has 0 saturated heterocycles. The zero-order chi connectivity index (χ0) is 8.97. The second-order valence-electron chi connectivity index (χ2n) is 2.05. The molecule has 0 aromatic heterocycles. The van der Waals surface area contributed by atoms with Crippen LogP contribution in [0.1, 0.15) is 15.9 Å². The summed E-state index contributed by atoms with van der Waals surface area (Å²) in [5, 5.41) is 8.65. The number of aromatic carboxylic acids is 1. The Morgan fingerprint density at radius 3 is 2.67 bits per heavy atom.